The molecule has 298 valence electrons. The van der Waals surface area contributed by atoms with E-state index in [4.69, 9.17) is 4.74 Å². The van der Waals surface area contributed by atoms with Crippen molar-refractivity contribution in [2.45, 2.75) is 213 Å². The molecule has 0 atom stereocenters. The summed E-state index contributed by atoms with van der Waals surface area (Å²) in [7, 11) is 0. The van der Waals surface area contributed by atoms with E-state index in [9.17, 15) is 14.4 Å². The summed E-state index contributed by atoms with van der Waals surface area (Å²) < 4.78 is 7.55. The van der Waals surface area contributed by atoms with E-state index in [1.54, 1.807) is 0 Å². The van der Waals surface area contributed by atoms with Crippen molar-refractivity contribution in [3.8, 4) is 0 Å². The Bertz CT molecular complexity index is 882. The molecule has 1 saturated heterocycles. The Kier molecular flexibility index (Phi) is 32.7. The molecule has 0 aromatic carbocycles. The van der Waals surface area contributed by atoms with E-state index in [0.717, 1.165) is 77.8 Å². The molecule has 7 nitrogen and oxygen atoms in total. The molecule has 1 N–H and O–H groups in total. The van der Waals surface area contributed by atoms with Crippen LogP contribution in [0.5, 0.6) is 0 Å². The molecule has 0 bridgehead atoms. The number of rotatable bonds is 36. The molecule has 0 radical (unpaired) electrons. The van der Waals surface area contributed by atoms with Crippen LogP contribution in [-0.4, -0.2) is 78.7 Å². The second kappa shape index (κ2) is 35.3. The molecule has 0 saturated carbocycles. The lowest BCUT2D eigenvalue weighted by atomic mass is 10.0. The normalized spacial score (nSPS) is 13.1. The fraction of sp³-hybridized carbons (Fsp3) is 0.909. The summed E-state index contributed by atoms with van der Waals surface area (Å²) in [6.45, 7) is 12.2. The van der Waals surface area contributed by atoms with Gasteiger partial charge in [0.05, 0.1) is 26.2 Å². The lowest BCUT2D eigenvalue weighted by Crippen LogP contribution is -2.45. The first-order chi connectivity index (χ1) is 25.0. The molecule has 0 aliphatic carbocycles. The topological polar surface area (TPSA) is 78.7 Å². The molecule has 1 aliphatic heterocycles. The number of esters is 1. The van der Waals surface area contributed by atoms with Crippen LogP contribution in [0.4, 0.5) is 0 Å². The van der Waals surface area contributed by atoms with E-state index >= 15 is 0 Å². The summed E-state index contributed by atoms with van der Waals surface area (Å²) in [6, 6.07) is 0. The predicted molar refractivity (Wildman–Crippen MR) is 216 cm³/mol. The van der Waals surface area contributed by atoms with Gasteiger partial charge in [0, 0.05) is 19.9 Å². The molecule has 1 rings (SSSR count). The Morgan fingerprint density at radius 1 is 0.549 bits per heavy atom. The van der Waals surface area contributed by atoms with Crippen molar-refractivity contribution in [2.24, 2.45) is 0 Å². The molecule has 0 aromatic rings. The maximum Gasteiger partial charge on any atom is 0.322 e. The SMILES string of the molecule is CCCCCCCCCCCCCCCN(CCCCCCCC(=O)OCCCCCCCCC)CCCNC(C(=O)C(C)=O)=[N+]1CCCCC1. The number of unbranched alkanes of at least 4 members (excludes halogenated alkanes) is 22. The number of hydrogen-bond acceptors (Lipinski definition) is 5. The van der Waals surface area contributed by atoms with E-state index in [1.807, 2.05) is 0 Å². The van der Waals surface area contributed by atoms with Crippen molar-refractivity contribution >= 4 is 23.4 Å². The van der Waals surface area contributed by atoms with Crippen molar-refractivity contribution in [3.63, 3.8) is 0 Å². The van der Waals surface area contributed by atoms with Crippen LogP contribution in [0.1, 0.15) is 213 Å². The van der Waals surface area contributed by atoms with E-state index < -0.39 is 0 Å². The molecule has 1 fully saturated rings. The third-order valence-corrected chi connectivity index (χ3v) is 10.6. The maximum absolute atomic E-state index is 12.7. The van der Waals surface area contributed by atoms with Gasteiger partial charge < -0.3 is 9.64 Å². The average molecular weight is 719 g/mol. The van der Waals surface area contributed by atoms with Crippen molar-refractivity contribution < 1.29 is 23.7 Å². The first-order valence-electron chi connectivity index (χ1n) is 22.3. The van der Waals surface area contributed by atoms with E-state index in [0.29, 0.717) is 18.9 Å². The summed E-state index contributed by atoms with van der Waals surface area (Å²) in [5.74, 6) is -0.258. The summed E-state index contributed by atoms with van der Waals surface area (Å²) in [4.78, 5) is 39.4. The quantitative estimate of drug-likeness (QED) is 0.0228. The van der Waals surface area contributed by atoms with Gasteiger partial charge >= 0.3 is 17.6 Å². The van der Waals surface area contributed by atoms with Crippen molar-refractivity contribution in [3.05, 3.63) is 0 Å². The molecule has 51 heavy (non-hydrogen) atoms. The number of nitrogens with one attached hydrogen (secondary N) is 1. The standard InChI is InChI=1S/C44H83N3O4/c1-4-6-8-10-12-13-14-15-16-17-18-22-27-35-46(37-32-34-45-44(43(50)41(3)48)47-38-29-25-30-39-47)36-28-23-20-21-26-33-42(49)51-40-31-24-19-11-9-7-5-2/h4-40H2,1-3H3/p+1. The average Bonchev–Trinajstić information content (AvgIpc) is 3.13. The largest absolute Gasteiger partial charge is 0.466 e. The van der Waals surface area contributed by atoms with Crippen LogP contribution in [-0.2, 0) is 19.1 Å². The second-order valence-corrected chi connectivity index (χ2v) is 15.5. The van der Waals surface area contributed by atoms with Crippen LogP contribution in [0.25, 0.3) is 0 Å². The Labute approximate surface area is 315 Å². The van der Waals surface area contributed by atoms with E-state index in [-0.39, 0.29) is 17.5 Å². The summed E-state index contributed by atoms with van der Waals surface area (Å²) in [6.07, 6.45) is 37.0. The van der Waals surface area contributed by atoms with Crippen molar-refractivity contribution in [2.75, 3.05) is 45.9 Å². The van der Waals surface area contributed by atoms with Gasteiger partial charge in [-0.25, -0.2) is 0 Å². The zero-order valence-corrected chi connectivity index (χ0v) is 34.2. The number of carbonyl (C=O) groups excluding carboxylic acids is 3. The number of piperidine rings is 1. The van der Waals surface area contributed by atoms with Crippen molar-refractivity contribution in [1.29, 1.82) is 0 Å². The highest BCUT2D eigenvalue weighted by Gasteiger charge is 2.27. The van der Waals surface area contributed by atoms with E-state index in [1.165, 1.54) is 155 Å². The highest BCUT2D eigenvalue weighted by atomic mass is 16.5. The highest BCUT2D eigenvalue weighted by molar-refractivity contribution is 6.63. The molecule has 0 aromatic heterocycles. The molecule has 0 amide bonds. The second-order valence-electron chi connectivity index (χ2n) is 15.5. The fourth-order valence-electron chi connectivity index (χ4n) is 7.27. The molecule has 0 spiro atoms. The highest BCUT2D eigenvalue weighted by Crippen LogP contribution is 2.14. The number of Topliss-reactive ketones (excluding diaryl/α,β-unsaturated/α-hetero) is 2. The third-order valence-electron chi connectivity index (χ3n) is 10.6. The number of nitrogens with zero attached hydrogens (tertiary/aromatic N) is 2. The van der Waals surface area contributed by atoms with Gasteiger partial charge in [0.25, 0.3) is 0 Å². The van der Waals surface area contributed by atoms with Crippen LogP contribution in [0, 0.1) is 0 Å². The summed E-state index contributed by atoms with van der Waals surface area (Å²) in [5, 5.41) is 3.38. The first-order valence-corrected chi connectivity index (χ1v) is 22.3. The van der Waals surface area contributed by atoms with Crippen LogP contribution in [0.15, 0.2) is 0 Å². The van der Waals surface area contributed by atoms with Gasteiger partial charge in [-0.3, -0.25) is 24.3 Å². The van der Waals surface area contributed by atoms with Gasteiger partial charge in [-0.05, 0) is 64.5 Å². The smallest absolute Gasteiger partial charge is 0.322 e. The Hall–Kier alpha value is -1.76. The minimum absolute atomic E-state index is 0.0238. The van der Waals surface area contributed by atoms with Gasteiger partial charge in [-0.1, -0.05) is 149 Å². The van der Waals surface area contributed by atoms with Crippen molar-refractivity contribution in [1.82, 2.24) is 10.2 Å². The van der Waals surface area contributed by atoms with Gasteiger partial charge in [-0.2, -0.15) is 0 Å². The van der Waals surface area contributed by atoms with Gasteiger partial charge in [0.15, 0.2) is 0 Å². The number of ether oxygens (including phenoxy) is 1. The van der Waals surface area contributed by atoms with Crippen LogP contribution in [0.2, 0.25) is 0 Å². The number of amidine groups is 1. The maximum atomic E-state index is 12.7. The van der Waals surface area contributed by atoms with E-state index in [2.05, 4.69) is 28.6 Å². The molecule has 0 unspecified atom stereocenters. The molecular weight excluding hydrogens is 635 g/mol. The Morgan fingerprint density at radius 3 is 1.47 bits per heavy atom. The van der Waals surface area contributed by atoms with Crippen LogP contribution >= 0.6 is 0 Å². The molecule has 1 heterocycles. The monoisotopic (exact) mass is 719 g/mol. The number of carbonyl (C=O) groups is 3. The minimum atomic E-state index is -0.382. The summed E-state index contributed by atoms with van der Waals surface area (Å²) in [5.41, 5.74) is 0. The molecule has 1 aliphatic rings. The van der Waals surface area contributed by atoms with Crippen LogP contribution in [0.3, 0.4) is 0 Å². The fourth-order valence-corrected chi connectivity index (χ4v) is 7.27. The number of hydrogen-bond donors (Lipinski definition) is 1. The lowest BCUT2D eigenvalue weighted by Gasteiger charge is -2.22. The van der Waals surface area contributed by atoms with Gasteiger partial charge in [0.2, 0.25) is 5.78 Å². The lowest BCUT2D eigenvalue weighted by molar-refractivity contribution is -0.538. The summed E-state index contributed by atoms with van der Waals surface area (Å²) >= 11 is 0. The van der Waals surface area contributed by atoms with Crippen LogP contribution < -0.4 is 5.32 Å². The third kappa shape index (κ3) is 28.4. The first kappa shape index (κ1) is 47.3. The molecular formula is C44H84N3O4+. The zero-order chi connectivity index (χ0) is 37.0. The zero-order valence-electron chi connectivity index (χ0n) is 34.2. The Morgan fingerprint density at radius 2 is 0.980 bits per heavy atom. The number of ketones is 2. The Balaban J connectivity index is 2.33. The molecule has 7 heteroatoms. The predicted octanol–water partition coefficient (Wildman–Crippen LogP) is 10.7. The minimum Gasteiger partial charge on any atom is -0.466 e. The van der Waals surface area contributed by atoms with Gasteiger partial charge in [0.1, 0.15) is 0 Å². The van der Waals surface area contributed by atoms with Gasteiger partial charge in [-0.15, -0.1) is 0 Å².